The second-order valence-corrected chi connectivity index (χ2v) is 6.83. The van der Waals surface area contributed by atoms with Crippen molar-refractivity contribution in [2.24, 2.45) is 11.8 Å². The number of sulfonamides is 1. The van der Waals surface area contributed by atoms with Crippen LogP contribution < -0.4 is 19.5 Å². The summed E-state index contributed by atoms with van der Waals surface area (Å²) in [6, 6.07) is 4.80. The standard InChI is InChI=1S/C13H18N2O4S.ClH/c1-18-8-3-4-11(19-2)12(5-8)20(16,17)15-13-9-6-14-7-10(9)13;/h3-5,9-10,13-15H,6-7H2,1-2H3;1H. The SMILES string of the molecule is COc1ccc(OC)c(S(=O)(=O)NC2C3CNCC32)c1.Cl. The number of methoxy groups -OCH3 is 2. The van der Waals surface area contributed by atoms with Crippen molar-refractivity contribution in [3.05, 3.63) is 18.2 Å². The number of halogens is 1. The molecule has 2 N–H and O–H groups in total. The molecule has 2 unspecified atom stereocenters. The van der Waals surface area contributed by atoms with Gasteiger partial charge in [0.25, 0.3) is 0 Å². The Kier molecular flexibility index (Phi) is 4.67. The monoisotopic (exact) mass is 334 g/mol. The molecule has 1 aliphatic carbocycles. The fourth-order valence-corrected chi connectivity index (χ4v) is 4.35. The minimum absolute atomic E-state index is 0. The lowest BCUT2D eigenvalue weighted by Crippen LogP contribution is -2.32. The van der Waals surface area contributed by atoms with Crippen LogP contribution in [0.25, 0.3) is 0 Å². The second-order valence-electron chi connectivity index (χ2n) is 5.15. The third kappa shape index (κ3) is 2.96. The van der Waals surface area contributed by atoms with Crippen LogP contribution in [0.5, 0.6) is 11.5 Å². The fourth-order valence-electron chi connectivity index (χ4n) is 2.83. The number of hydrogen-bond donors (Lipinski definition) is 2. The van der Waals surface area contributed by atoms with Gasteiger partial charge in [0, 0.05) is 12.1 Å². The van der Waals surface area contributed by atoms with E-state index in [1.54, 1.807) is 12.1 Å². The molecule has 6 nitrogen and oxygen atoms in total. The van der Waals surface area contributed by atoms with E-state index < -0.39 is 10.0 Å². The van der Waals surface area contributed by atoms with Gasteiger partial charge in [0.1, 0.15) is 16.4 Å². The van der Waals surface area contributed by atoms with Crippen LogP contribution in [-0.2, 0) is 10.0 Å². The van der Waals surface area contributed by atoms with Crippen LogP contribution in [0.4, 0.5) is 0 Å². The number of ether oxygens (including phenoxy) is 2. The third-order valence-electron chi connectivity index (χ3n) is 4.04. The molecule has 0 spiro atoms. The van der Waals surface area contributed by atoms with Gasteiger partial charge in [-0.05, 0) is 37.1 Å². The van der Waals surface area contributed by atoms with E-state index in [9.17, 15) is 8.42 Å². The van der Waals surface area contributed by atoms with Gasteiger partial charge >= 0.3 is 0 Å². The van der Waals surface area contributed by atoms with Crippen LogP contribution in [0.15, 0.2) is 23.1 Å². The van der Waals surface area contributed by atoms with E-state index >= 15 is 0 Å². The van der Waals surface area contributed by atoms with E-state index in [4.69, 9.17) is 9.47 Å². The summed E-state index contributed by atoms with van der Waals surface area (Å²) >= 11 is 0. The van der Waals surface area contributed by atoms with Gasteiger partial charge in [-0.25, -0.2) is 13.1 Å². The fraction of sp³-hybridized carbons (Fsp3) is 0.538. The van der Waals surface area contributed by atoms with Crippen LogP contribution in [0, 0.1) is 11.8 Å². The normalized spacial score (nSPS) is 26.7. The highest BCUT2D eigenvalue weighted by atomic mass is 35.5. The number of rotatable bonds is 5. The maximum atomic E-state index is 12.5. The molecule has 3 rings (SSSR count). The van der Waals surface area contributed by atoms with Gasteiger partial charge < -0.3 is 14.8 Å². The molecule has 2 atom stereocenters. The van der Waals surface area contributed by atoms with E-state index in [1.165, 1.54) is 20.3 Å². The lowest BCUT2D eigenvalue weighted by molar-refractivity contribution is 0.391. The van der Waals surface area contributed by atoms with Crippen molar-refractivity contribution in [2.75, 3.05) is 27.3 Å². The summed E-state index contributed by atoms with van der Waals surface area (Å²) in [5.41, 5.74) is 0. The van der Waals surface area contributed by atoms with Crippen LogP contribution in [0.3, 0.4) is 0 Å². The number of piperidine rings is 1. The number of nitrogens with one attached hydrogen (secondary N) is 2. The predicted molar refractivity (Wildman–Crippen MR) is 80.8 cm³/mol. The van der Waals surface area contributed by atoms with Gasteiger partial charge in [-0.3, -0.25) is 0 Å². The van der Waals surface area contributed by atoms with Crippen molar-refractivity contribution in [3.8, 4) is 11.5 Å². The average molecular weight is 335 g/mol. The molecular weight excluding hydrogens is 316 g/mol. The van der Waals surface area contributed by atoms with Crippen molar-refractivity contribution >= 4 is 22.4 Å². The van der Waals surface area contributed by atoms with Crippen molar-refractivity contribution in [2.45, 2.75) is 10.9 Å². The molecular formula is C13H19ClN2O4S. The Morgan fingerprint density at radius 3 is 2.43 bits per heavy atom. The first-order chi connectivity index (χ1) is 9.56. The van der Waals surface area contributed by atoms with Crippen LogP contribution in [0.2, 0.25) is 0 Å². The van der Waals surface area contributed by atoms with E-state index in [0.29, 0.717) is 23.3 Å². The van der Waals surface area contributed by atoms with Crippen molar-refractivity contribution in [1.82, 2.24) is 10.0 Å². The molecule has 118 valence electrons. The molecule has 1 aromatic carbocycles. The molecule has 1 aromatic rings. The summed E-state index contributed by atoms with van der Waals surface area (Å²) < 4.78 is 38.0. The summed E-state index contributed by atoms with van der Waals surface area (Å²) in [7, 11) is -0.640. The molecule has 1 aliphatic heterocycles. The van der Waals surface area contributed by atoms with Gasteiger partial charge in [0.2, 0.25) is 10.0 Å². The maximum absolute atomic E-state index is 12.5. The Morgan fingerprint density at radius 2 is 1.86 bits per heavy atom. The molecule has 2 fully saturated rings. The smallest absolute Gasteiger partial charge is 0.244 e. The zero-order valence-corrected chi connectivity index (χ0v) is 13.5. The lowest BCUT2D eigenvalue weighted by atomic mass is 10.3. The minimum atomic E-state index is -3.60. The zero-order valence-electron chi connectivity index (χ0n) is 11.8. The molecule has 21 heavy (non-hydrogen) atoms. The molecule has 0 radical (unpaired) electrons. The largest absolute Gasteiger partial charge is 0.497 e. The molecule has 1 heterocycles. The van der Waals surface area contributed by atoms with Crippen LogP contribution in [-0.4, -0.2) is 41.8 Å². The van der Waals surface area contributed by atoms with Crippen molar-refractivity contribution < 1.29 is 17.9 Å². The van der Waals surface area contributed by atoms with E-state index in [2.05, 4.69) is 10.0 Å². The van der Waals surface area contributed by atoms with E-state index in [0.717, 1.165) is 13.1 Å². The van der Waals surface area contributed by atoms with E-state index in [1.807, 2.05) is 0 Å². The Bertz CT molecular complexity index is 613. The van der Waals surface area contributed by atoms with E-state index in [-0.39, 0.29) is 23.3 Å². The minimum Gasteiger partial charge on any atom is -0.497 e. The highest BCUT2D eigenvalue weighted by Crippen LogP contribution is 2.43. The number of fused-ring (bicyclic) bond motifs is 1. The van der Waals surface area contributed by atoms with Crippen molar-refractivity contribution in [3.63, 3.8) is 0 Å². The summed E-state index contributed by atoms with van der Waals surface area (Å²) in [6.45, 7) is 1.76. The topological polar surface area (TPSA) is 76.7 Å². The van der Waals surface area contributed by atoms with Crippen LogP contribution >= 0.6 is 12.4 Å². The molecule has 1 saturated heterocycles. The molecule has 2 aliphatic rings. The Hall–Kier alpha value is -1.02. The third-order valence-corrected chi connectivity index (χ3v) is 5.52. The Morgan fingerprint density at radius 1 is 1.19 bits per heavy atom. The molecule has 0 bridgehead atoms. The Labute approximate surface area is 130 Å². The summed E-state index contributed by atoms with van der Waals surface area (Å²) in [4.78, 5) is 0.122. The first-order valence-electron chi connectivity index (χ1n) is 6.52. The highest BCUT2D eigenvalue weighted by Gasteiger charge is 2.54. The molecule has 0 aromatic heterocycles. The molecule has 0 amide bonds. The molecule has 8 heteroatoms. The van der Waals surface area contributed by atoms with Gasteiger partial charge in [-0.15, -0.1) is 12.4 Å². The zero-order chi connectivity index (χ0) is 14.3. The number of benzene rings is 1. The van der Waals surface area contributed by atoms with Gasteiger partial charge in [-0.2, -0.15) is 0 Å². The average Bonchev–Trinajstić information content (AvgIpc) is 2.89. The van der Waals surface area contributed by atoms with Crippen LogP contribution in [0.1, 0.15) is 0 Å². The first-order valence-corrected chi connectivity index (χ1v) is 8.00. The van der Waals surface area contributed by atoms with Crippen molar-refractivity contribution in [1.29, 1.82) is 0 Å². The second kappa shape index (κ2) is 6.00. The maximum Gasteiger partial charge on any atom is 0.244 e. The highest BCUT2D eigenvalue weighted by molar-refractivity contribution is 7.89. The quantitative estimate of drug-likeness (QED) is 0.825. The Balaban J connectivity index is 0.00000161. The first kappa shape index (κ1) is 16.4. The summed E-state index contributed by atoms with van der Waals surface area (Å²) in [6.07, 6.45) is 0. The van der Waals surface area contributed by atoms with Gasteiger partial charge in [-0.1, -0.05) is 0 Å². The van der Waals surface area contributed by atoms with Gasteiger partial charge in [0.15, 0.2) is 0 Å². The number of hydrogen-bond acceptors (Lipinski definition) is 5. The summed E-state index contributed by atoms with van der Waals surface area (Å²) in [5, 5.41) is 3.24. The lowest BCUT2D eigenvalue weighted by Gasteiger charge is -2.13. The summed E-state index contributed by atoms with van der Waals surface area (Å²) in [5.74, 6) is 1.65. The van der Waals surface area contributed by atoms with Gasteiger partial charge in [0.05, 0.1) is 14.2 Å². The molecule has 1 saturated carbocycles. The predicted octanol–water partition coefficient (Wildman–Crippen LogP) is 0.622.